The summed E-state index contributed by atoms with van der Waals surface area (Å²) in [7, 11) is 0. The van der Waals surface area contributed by atoms with E-state index in [-0.39, 0.29) is 0 Å². The third-order valence-corrected chi connectivity index (χ3v) is 5.80. The summed E-state index contributed by atoms with van der Waals surface area (Å²) in [5.41, 5.74) is 2.88. The van der Waals surface area contributed by atoms with Crippen molar-refractivity contribution in [3.63, 3.8) is 0 Å². The van der Waals surface area contributed by atoms with Crippen LogP contribution in [0.1, 0.15) is 38.8 Å². The first-order valence-corrected chi connectivity index (χ1v) is 8.96. The standard InChI is InChI=1S/C16H26N2.2Pd/c1-5-17(6-2)13-15-11-9-10-12-16(15)14-18(7-3)8-4;;/h9,11H,5-8,13-14H2,1-4H3;;. The maximum absolute atomic E-state index is 3.46. The number of nitrogens with zero attached hydrogens (tertiary/aromatic N) is 2. The van der Waals surface area contributed by atoms with Gasteiger partial charge in [0, 0.05) is 0 Å². The fourth-order valence-corrected chi connectivity index (χ4v) is 3.14. The van der Waals surface area contributed by atoms with Crippen molar-refractivity contribution in [2.45, 2.75) is 40.8 Å². The summed E-state index contributed by atoms with van der Waals surface area (Å²) >= 11 is 6.82. The molecule has 0 spiro atoms. The molecule has 0 fully saturated rings. The SMILES string of the molecule is CCN(CC)Cc1cc[c]([Pd])[c]([Pd])c1CN(CC)CC. The predicted molar refractivity (Wildman–Crippen MR) is 79.0 cm³/mol. The number of hydrogen-bond donors (Lipinski definition) is 0. The van der Waals surface area contributed by atoms with Crippen LogP contribution in [0, 0.1) is 0 Å². The molecule has 0 bridgehead atoms. The van der Waals surface area contributed by atoms with Crippen molar-refractivity contribution in [1.82, 2.24) is 9.80 Å². The van der Waals surface area contributed by atoms with Crippen LogP contribution in [-0.4, -0.2) is 36.0 Å². The van der Waals surface area contributed by atoms with Crippen molar-refractivity contribution in [3.8, 4) is 0 Å². The molecule has 1 aromatic carbocycles. The molecule has 0 heterocycles. The van der Waals surface area contributed by atoms with Crippen LogP contribution in [0.25, 0.3) is 0 Å². The van der Waals surface area contributed by atoms with Gasteiger partial charge >= 0.3 is 146 Å². The van der Waals surface area contributed by atoms with Crippen LogP contribution in [0.2, 0.25) is 0 Å². The second kappa shape index (κ2) is 9.48. The zero-order chi connectivity index (χ0) is 15.1. The maximum atomic E-state index is 3.46. The van der Waals surface area contributed by atoms with Crippen LogP contribution in [0.15, 0.2) is 12.1 Å². The van der Waals surface area contributed by atoms with Crippen molar-refractivity contribution in [3.05, 3.63) is 23.3 Å². The molecule has 0 unspecified atom stereocenters. The first-order chi connectivity index (χ1) is 9.57. The van der Waals surface area contributed by atoms with Crippen LogP contribution < -0.4 is 8.07 Å². The topological polar surface area (TPSA) is 6.48 Å². The van der Waals surface area contributed by atoms with Crippen molar-refractivity contribution in [2.75, 3.05) is 26.2 Å². The van der Waals surface area contributed by atoms with E-state index in [0.717, 1.165) is 39.3 Å². The Bertz CT molecular complexity index is 413. The molecule has 0 radical (unpaired) electrons. The number of hydrogen-bond acceptors (Lipinski definition) is 2. The predicted octanol–water partition coefficient (Wildman–Crippen LogP) is 1.71. The summed E-state index contributed by atoms with van der Waals surface area (Å²) < 4.78 is 2.45. The zero-order valence-electron chi connectivity index (χ0n) is 12.9. The van der Waals surface area contributed by atoms with Gasteiger partial charge in [-0.2, -0.15) is 0 Å². The van der Waals surface area contributed by atoms with Gasteiger partial charge in [0.25, 0.3) is 0 Å². The van der Waals surface area contributed by atoms with Gasteiger partial charge in [0.05, 0.1) is 0 Å². The Morgan fingerprint density at radius 2 is 1.30 bits per heavy atom. The molecule has 0 amide bonds. The summed E-state index contributed by atoms with van der Waals surface area (Å²) in [6.45, 7) is 15.3. The first kappa shape index (κ1) is 18.5. The van der Waals surface area contributed by atoms with Crippen molar-refractivity contribution >= 4 is 8.07 Å². The van der Waals surface area contributed by atoms with Gasteiger partial charge < -0.3 is 0 Å². The van der Waals surface area contributed by atoms with Gasteiger partial charge in [0.2, 0.25) is 0 Å². The van der Waals surface area contributed by atoms with Gasteiger partial charge in [-0.05, 0) is 0 Å². The molecule has 0 aromatic heterocycles. The third-order valence-electron chi connectivity index (χ3n) is 3.80. The first-order valence-electron chi connectivity index (χ1n) is 7.41. The Balaban J connectivity index is 3.07. The molecule has 0 aliphatic rings. The molecular formula is C16H26N2Pd2. The van der Waals surface area contributed by atoms with Crippen LogP contribution in [-0.2, 0) is 51.5 Å². The fraction of sp³-hybridized carbons (Fsp3) is 0.625. The van der Waals surface area contributed by atoms with Crippen molar-refractivity contribution in [2.24, 2.45) is 0 Å². The second-order valence-corrected chi connectivity index (χ2v) is 6.47. The molecule has 1 aromatic rings. The van der Waals surface area contributed by atoms with Gasteiger partial charge in [-0.25, -0.2) is 0 Å². The van der Waals surface area contributed by atoms with Gasteiger partial charge in [-0.15, -0.1) is 0 Å². The molecule has 4 heteroatoms. The minimum atomic E-state index is 1.02. The summed E-state index contributed by atoms with van der Waals surface area (Å²) in [4.78, 5) is 4.93. The van der Waals surface area contributed by atoms with Gasteiger partial charge in [-0.1, -0.05) is 0 Å². The normalized spacial score (nSPS) is 11.7. The molecular weight excluding hydrogens is 433 g/mol. The van der Waals surface area contributed by atoms with E-state index in [9.17, 15) is 0 Å². The second-order valence-electron chi connectivity index (χ2n) is 4.86. The van der Waals surface area contributed by atoms with Crippen LogP contribution in [0.5, 0.6) is 0 Å². The molecule has 0 aliphatic carbocycles. The Labute approximate surface area is 146 Å². The Kier molecular flexibility index (Phi) is 8.77. The molecule has 20 heavy (non-hydrogen) atoms. The van der Waals surface area contributed by atoms with E-state index >= 15 is 0 Å². The van der Waals surface area contributed by atoms with Crippen molar-refractivity contribution < 1.29 is 38.4 Å². The Morgan fingerprint density at radius 1 is 0.800 bits per heavy atom. The van der Waals surface area contributed by atoms with Crippen LogP contribution in [0.4, 0.5) is 0 Å². The van der Waals surface area contributed by atoms with E-state index in [1.54, 1.807) is 0 Å². The molecule has 0 saturated carbocycles. The molecule has 0 saturated heterocycles. The molecule has 0 atom stereocenters. The summed E-state index contributed by atoms with van der Waals surface area (Å²) in [6, 6.07) is 4.44. The molecule has 1 rings (SSSR count). The Hall–Kier alpha value is 0.465. The Morgan fingerprint density at radius 3 is 1.80 bits per heavy atom. The number of benzene rings is 1. The molecule has 2 nitrogen and oxygen atoms in total. The summed E-state index contributed by atoms with van der Waals surface area (Å²) in [6.07, 6.45) is 0. The average molecular weight is 459 g/mol. The van der Waals surface area contributed by atoms with E-state index in [1.807, 2.05) is 0 Å². The van der Waals surface area contributed by atoms with Gasteiger partial charge in [0.15, 0.2) is 0 Å². The van der Waals surface area contributed by atoms with E-state index in [0.29, 0.717) is 0 Å². The van der Waals surface area contributed by atoms with E-state index < -0.39 is 0 Å². The minimum absolute atomic E-state index is 1.02. The van der Waals surface area contributed by atoms with Gasteiger partial charge in [-0.3, -0.25) is 0 Å². The van der Waals surface area contributed by atoms with E-state index in [1.165, 1.54) is 19.2 Å². The number of rotatable bonds is 8. The quantitative estimate of drug-likeness (QED) is 0.547. The fourth-order valence-electron chi connectivity index (χ4n) is 2.28. The molecule has 120 valence electrons. The molecule has 0 N–H and O–H groups in total. The van der Waals surface area contributed by atoms with Crippen molar-refractivity contribution in [1.29, 1.82) is 0 Å². The van der Waals surface area contributed by atoms with Crippen LogP contribution in [0.3, 0.4) is 0 Å². The van der Waals surface area contributed by atoms with E-state index in [2.05, 4.69) is 88.0 Å². The average Bonchev–Trinajstić information content (AvgIpc) is 2.47. The zero-order valence-corrected chi connectivity index (χ0v) is 16.0. The van der Waals surface area contributed by atoms with Gasteiger partial charge in [0.1, 0.15) is 0 Å². The van der Waals surface area contributed by atoms with Crippen LogP contribution >= 0.6 is 0 Å². The monoisotopic (exact) mass is 458 g/mol. The molecule has 0 aliphatic heterocycles. The third kappa shape index (κ3) is 5.03. The summed E-state index contributed by atoms with van der Waals surface area (Å²) in [5, 5.41) is 0. The summed E-state index contributed by atoms with van der Waals surface area (Å²) in [5.74, 6) is 0. The van der Waals surface area contributed by atoms with E-state index in [4.69, 9.17) is 0 Å².